The van der Waals surface area contributed by atoms with E-state index in [0.717, 1.165) is 33.1 Å². The van der Waals surface area contributed by atoms with Crippen molar-refractivity contribution in [2.45, 2.75) is 33.1 Å². The minimum Gasteiger partial charge on any atom is -0.352 e. The number of aryl methyl sites for hydroxylation is 1. The van der Waals surface area contributed by atoms with Gasteiger partial charge in [-0.3, -0.25) is 4.79 Å². The molecule has 0 fully saturated rings. The van der Waals surface area contributed by atoms with Gasteiger partial charge >= 0.3 is 0 Å². The van der Waals surface area contributed by atoms with E-state index >= 15 is 0 Å². The molecule has 28 heavy (non-hydrogen) atoms. The van der Waals surface area contributed by atoms with Crippen LogP contribution in [-0.2, 0) is 6.42 Å². The first-order chi connectivity index (χ1) is 13.5. The molecule has 1 amide bonds. The van der Waals surface area contributed by atoms with Crippen LogP contribution in [0.25, 0.3) is 21.7 Å². The Morgan fingerprint density at radius 3 is 2.93 bits per heavy atom. The number of rotatable bonds is 6. The fourth-order valence-electron chi connectivity index (χ4n) is 2.92. The molecule has 6 nitrogen and oxygen atoms in total. The van der Waals surface area contributed by atoms with Gasteiger partial charge < -0.3 is 9.84 Å². The molecular weight excluding hydrogens is 392 g/mol. The van der Waals surface area contributed by atoms with E-state index in [-0.39, 0.29) is 11.8 Å². The average molecular weight is 413 g/mol. The summed E-state index contributed by atoms with van der Waals surface area (Å²) < 4.78 is 5.23. The Hall–Kier alpha value is -2.58. The maximum Gasteiger partial charge on any atom is 0.257 e. The van der Waals surface area contributed by atoms with Crippen LogP contribution in [0.1, 0.15) is 45.7 Å². The minimum absolute atomic E-state index is 0.141. The summed E-state index contributed by atoms with van der Waals surface area (Å²) in [5.41, 5.74) is 2.82. The first kappa shape index (κ1) is 18.8. The fourth-order valence-corrected chi connectivity index (χ4v) is 4.57. The summed E-state index contributed by atoms with van der Waals surface area (Å²) in [5, 5.41) is 11.0. The number of carbonyl (C=O) groups is 1. The molecule has 1 N–H and O–H groups in total. The summed E-state index contributed by atoms with van der Waals surface area (Å²) in [4.78, 5) is 23.6. The van der Waals surface area contributed by atoms with Crippen LogP contribution in [0.3, 0.4) is 0 Å². The zero-order chi connectivity index (χ0) is 19.7. The quantitative estimate of drug-likeness (QED) is 0.491. The molecule has 0 atom stereocenters. The Kier molecular flexibility index (Phi) is 5.23. The molecule has 0 unspecified atom stereocenters. The van der Waals surface area contributed by atoms with Crippen LogP contribution in [0, 0.1) is 6.92 Å². The highest BCUT2D eigenvalue weighted by Gasteiger charge is 2.15. The molecule has 4 rings (SSSR count). The van der Waals surface area contributed by atoms with Crippen molar-refractivity contribution in [2.24, 2.45) is 0 Å². The van der Waals surface area contributed by atoms with Gasteiger partial charge in [-0.25, -0.2) is 9.97 Å². The van der Waals surface area contributed by atoms with Crippen molar-refractivity contribution in [3.8, 4) is 10.6 Å². The molecule has 0 spiro atoms. The molecule has 0 aliphatic heterocycles. The second kappa shape index (κ2) is 7.81. The molecule has 0 saturated carbocycles. The first-order valence-corrected chi connectivity index (χ1v) is 10.8. The molecule has 4 heterocycles. The van der Waals surface area contributed by atoms with Gasteiger partial charge in [-0.05, 0) is 37.5 Å². The number of fused-ring (bicyclic) bond motifs is 1. The van der Waals surface area contributed by atoms with Gasteiger partial charge in [-0.2, -0.15) is 0 Å². The third-order valence-electron chi connectivity index (χ3n) is 4.36. The van der Waals surface area contributed by atoms with E-state index in [4.69, 9.17) is 4.52 Å². The van der Waals surface area contributed by atoms with E-state index < -0.39 is 0 Å². The molecule has 4 aromatic rings. The minimum atomic E-state index is -0.141. The van der Waals surface area contributed by atoms with Crippen LogP contribution >= 0.6 is 22.7 Å². The molecule has 0 aliphatic rings. The summed E-state index contributed by atoms with van der Waals surface area (Å²) in [6.07, 6.45) is 2.31. The monoisotopic (exact) mass is 412 g/mol. The first-order valence-electron chi connectivity index (χ1n) is 9.06. The van der Waals surface area contributed by atoms with Crippen molar-refractivity contribution >= 4 is 39.7 Å². The molecule has 0 aromatic carbocycles. The van der Waals surface area contributed by atoms with E-state index in [1.807, 2.05) is 20.8 Å². The van der Waals surface area contributed by atoms with Gasteiger partial charge in [0.05, 0.1) is 32.2 Å². The number of aromatic nitrogens is 3. The number of hydrogen-bond donors (Lipinski definition) is 1. The number of thiophene rings is 1. The number of thiazole rings is 1. The van der Waals surface area contributed by atoms with Gasteiger partial charge in [0.1, 0.15) is 0 Å². The van der Waals surface area contributed by atoms with Gasteiger partial charge in [-0.15, -0.1) is 22.7 Å². The Bertz CT molecular complexity index is 1130. The largest absolute Gasteiger partial charge is 0.352 e. The Morgan fingerprint density at radius 1 is 1.32 bits per heavy atom. The molecule has 144 valence electrons. The second-order valence-electron chi connectivity index (χ2n) is 6.82. The summed E-state index contributed by atoms with van der Waals surface area (Å²) in [7, 11) is 0. The summed E-state index contributed by atoms with van der Waals surface area (Å²) >= 11 is 3.37. The van der Waals surface area contributed by atoms with Gasteiger partial charge in [0, 0.05) is 23.0 Å². The van der Waals surface area contributed by atoms with Crippen LogP contribution in [-0.4, -0.2) is 27.6 Å². The molecular formula is C20H20N4O2S2. The lowest BCUT2D eigenvalue weighted by atomic mass is 10.1. The highest BCUT2D eigenvalue weighted by Crippen LogP contribution is 2.29. The van der Waals surface area contributed by atoms with E-state index in [1.165, 1.54) is 11.1 Å². The lowest BCUT2D eigenvalue weighted by Gasteiger charge is -2.04. The van der Waals surface area contributed by atoms with Crippen molar-refractivity contribution in [3.63, 3.8) is 0 Å². The number of carbonyl (C=O) groups excluding carboxylic acids is 1. The van der Waals surface area contributed by atoms with Crippen LogP contribution in [0.5, 0.6) is 0 Å². The standard InChI is InChI=1S/C20H20N4O2S2/c1-11(2)18-15-8-13(9-22-20(15)26-24-18)19(25)21-7-6-14-4-5-17(28-14)16-10-27-12(3)23-16/h4-5,8-11H,6-7H2,1-3H3,(H,21,25). The van der Waals surface area contributed by atoms with E-state index in [1.54, 1.807) is 28.7 Å². The Balaban J connectivity index is 1.39. The molecule has 0 radical (unpaired) electrons. The number of nitrogens with zero attached hydrogens (tertiary/aromatic N) is 3. The van der Waals surface area contributed by atoms with Crippen molar-refractivity contribution in [1.82, 2.24) is 20.4 Å². The fraction of sp³-hybridized carbons (Fsp3) is 0.300. The smallest absolute Gasteiger partial charge is 0.257 e. The van der Waals surface area contributed by atoms with Gasteiger partial charge in [0.25, 0.3) is 11.6 Å². The normalized spacial score (nSPS) is 11.4. The highest BCUT2D eigenvalue weighted by atomic mass is 32.1. The zero-order valence-corrected chi connectivity index (χ0v) is 17.5. The van der Waals surface area contributed by atoms with Crippen molar-refractivity contribution in [1.29, 1.82) is 0 Å². The highest BCUT2D eigenvalue weighted by molar-refractivity contribution is 7.16. The van der Waals surface area contributed by atoms with Crippen molar-refractivity contribution < 1.29 is 9.32 Å². The van der Waals surface area contributed by atoms with Crippen LogP contribution in [0.15, 0.2) is 34.3 Å². The van der Waals surface area contributed by atoms with Gasteiger partial charge in [0.2, 0.25) is 0 Å². The molecule has 4 aromatic heterocycles. The van der Waals surface area contributed by atoms with Crippen LogP contribution < -0.4 is 5.32 Å². The summed E-state index contributed by atoms with van der Waals surface area (Å²) in [5.74, 6) is 0.0631. The topological polar surface area (TPSA) is 80.9 Å². The third-order valence-corrected chi connectivity index (χ3v) is 6.30. The zero-order valence-electron chi connectivity index (χ0n) is 15.9. The lowest BCUT2D eigenvalue weighted by molar-refractivity contribution is 0.0954. The maximum absolute atomic E-state index is 12.5. The third kappa shape index (κ3) is 3.83. The Morgan fingerprint density at radius 2 is 2.18 bits per heavy atom. The molecule has 8 heteroatoms. The SMILES string of the molecule is Cc1nc(-c2ccc(CCNC(=O)c3cnc4onc(C(C)C)c4c3)s2)cs1. The molecule has 0 saturated heterocycles. The van der Waals surface area contributed by atoms with Gasteiger partial charge in [-0.1, -0.05) is 19.0 Å². The van der Waals surface area contributed by atoms with E-state index in [9.17, 15) is 4.79 Å². The summed E-state index contributed by atoms with van der Waals surface area (Å²) in [6.45, 7) is 6.64. The average Bonchev–Trinajstić information content (AvgIpc) is 3.39. The van der Waals surface area contributed by atoms with Crippen molar-refractivity contribution in [2.75, 3.05) is 6.54 Å². The Labute approximate surface area is 170 Å². The number of amides is 1. The number of hydrogen-bond acceptors (Lipinski definition) is 7. The van der Waals surface area contributed by atoms with Crippen molar-refractivity contribution in [3.05, 3.63) is 50.9 Å². The van der Waals surface area contributed by atoms with E-state index in [0.29, 0.717) is 17.8 Å². The predicted molar refractivity (Wildman–Crippen MR) is 112 cm³/mol. The maximum atomic E-state index is 12.5. The summed E-state index contributed by atoms with van der Waals surface area (Å²) in [6, 6.07) is 5.99. The number of nitrogens with one attached hydrogen (secondary N) is 1. The van der Waals surface area contributed by atoms with Crippen LogP contribution in [0.4, 0.5) is 0 Å². The molecule has 0 bridgehead atoms. The van der Waals surface area contributed by atoms with Crippen LogP contribution in [0.2, 0.25) is 0 Å². The molecule has 0 aliphatic carbocycles. The van der Waals surface area contributed by atoms with E-state index in [2.05, 4.69) is 38.0 Å². The lowest BCUT2D eigenvalue weighted by Crippen LogP contribution is -2.25. The second-order valence-corrected chi connectivity index (χ2v) is 9.05. The van der Waals surface area contributed by atoms with Gasteiger partial charge in [0.15, 0.2) is 0 Å². The number of pyridine rings is 1. The predicted octanol–water partition coefficient (Wildman–Crippen LogP) is 4.81.